The van der Waals surface area contributed by atoms with E-state index >= 15 is 0 Å². The molecule has 0 unspecified atom stereocenters. The Kier molecular flexibility index (Phi) is 6.18. The van der Waals surface area contributed by atoms with Gasteiger partial charge in [-0.2, -0.15) is 0 Å². The lowest BCUT2D eigenvalue weighted by Gasteiger charge is -2.15. The Hall–Kier alpha value is -3.33. The Balaban J connectivity index is 1.83. The third-order valence-electron chi connectivity index (χ3n) is 4.40. The second-order valence-electron chi connectivity index (χ2n) is 6.25. The van der Waals surface area contributed by atoms with Crippen LogP contribution in [-0.2, 0) is 14.3 Å². The molecule has 152 valence electrons. The molecule has 0 bridgehead atoms. The van der Waals surface area contributed by atoms with Crippen LogP contribution in [0, 0.1) is 0 Å². The van der Waals surface area contributed by atoms with Crippen LogP contribution in [0.3, 0.4) is 0 Å². The zero-order chi connectivity index (χ0) is 21.0. The highest BCUT2D eigenvalue weighted by molar-refractivity contribution is 6.08. The number of aromatic nitrogens is 1. The Morgan fingerprint density at radius 3 is 2.62 bits per heavy atom. The molecule has 1 aliphatic heterocycles. The molecule has 0 atom stereocenters. The number of aliphatic hydroxyl groups excluding tert-OH is 1. The van der Waals surface area contributed by atoms with Gasteiger partial charge < -0.3 is 20.1 Å². The van der Waals surface area contributed by atoms with Crippen molar-refractivity contribution < 1.29 is 28.2 Å². The van der Waals surface area contributed by atoms with Gasteiger partial charge in [-0.3, -0.25) is 4.79 Å². The molecule has 1 aromatic heterocycles. The third-order valence-corrected chi connectivity index (χ3v) is 4.40. The fourth-order valence-electron chi connectivity index (χ4n) is 2.95. The summed E-state index contributed by atoms with van der Waals surface area (Å²) in [5.74, 6) is -1.05. The van der Waals surface area contributed by atoms with Crippen molar-refractivity contribution in [2.45, 2.75) is 6.43 Å². The lowest BCUT2D eigenvalue weighted by molar-refractivity contribution is -0.136. The maximum atomic E-state index is 12.8. The first-order chi connectivity index (χ1) is 13.9. The van der Waals surface area contributed by atoms with Crippen molar-refractivity contribution in [1.82, 2.24) is 9.88 Å². The van der Waals surface area contributed by atoms with Crippen molar-refractivity contribution in [3.63, 3.8) is 0 Å². The van der Waals surface area contributed by atoms with E-state index < -0.39 is 18.3 Å². The summed E-state index contributed by atoms with van der Waals surface area (Å²) in [4.78, 5) is 29.8. The number of esters is 1. The maximum absolute atomic E-state index is 12.8. The SMILES string of the molecule is COC(=O)C1=C(Nc2ccc(-c3cccc(C(F)F)n3)cc2)C(=O)N(CCO)C1. The van der Waals surface area contributed by atoms with Crippen LogP contribution in [0.4, 0.5) is 14.5 Å². The molecule has 2 aromatic rings. The van der Waals surface area contributed by atoms with Gasteiger partial charge in [-0.25, -0.2) is 18.6 Å². The van der Waals surface area contributed by atoms with Gasteiger partial charge in [0.25, 0.3) is 12.3 Å². The molecule has 1 amide bonds. The highest BCUT2D eigenvalue weighted by Gasteiger charge is 2.34. The molecule has 9 heteroatoms. The zero-order valence-corrected chi connectivity index (χ0v) is 15.6. The minimum atomic E-state index is -2.66. The van der Waals surface area contributed by atoms with Crippen LogP contribution in [-0.4, -0.2) is 53.7 Å². The van der Waals surface area contributed by atoms with Gasteiger partial charge in [0.1, 0.15) is 11.4 Å². The molecule has 0 fully saturated rings. The van der Waals surface area contributed by atoms with Crippen LogP contribution in [0.15, 0.2) is 53.7 Å². The second kappa shape index (κ2) is 8.78. The van der Waals surface area contributed by atoms with Crippen LogP contribution in [0.1, 0.15) is 12.1 Å². The van der Waals surface area contributed by atoms with Gasteiger partial charge in [-0.1, -0.05) is 18.2 Å². The summed E-state index contributed by atoms with van der Waals surface area (Å²) in [7, 11) is 1.22. The first-order valence-electron chi connectivity index (χ1n) is 8.78. The summed E-state index contributed by atoms with van der Waals surface area (Å²) >= 11 is 0. The summed E-state index contributed by atoms with van der Waals surface area (Å²) in [6, 6.07) is 11.0. The summed E-state index contributed by atoms with van der Waals surface area (Å²) in [5.41, 5.74) is 1.49. The number of aliphatic hydroxyl groups is 1. The van der Waals surface area contributed by atoms with Crippen LogP contribution in [0.5, 0.6) is 0 Å². The molecular formula is C20H19F2N3O4. The Morgan fingerprint density at radius 1 is 1.28 bits per heavy atom. The number of alkyl halides is 2. The van der Waals surface area contributed by atoms with Gasteiger partial charge in [0.05, 0.1) is 31.5 Å². The topological polar surface area (TPSA) is 91.8 Å². The van der Waals surface area contributed by atoms with Gasteiger partial charge in [-0.15, -0.1) is 0 Å². The monoisotopic (exact) mass is 403 g/mol. The molecular weight excluding hydrogens is 384 g/mol. The number of rotatable bonds is 7. The molecule has 0 saturated carbocycles. The number of hydrogen-bond donors (Lipinski definition) is 2. The number of nitrogens with one attached hydrogen (secondary N) is 1. The fourth-order valence-corrected chi connectivity index (χ4v) is 2.95. The molecule has 7 nitrogen and oxygen atoms in total. The first kappa shape index (κ1) is 20.4. The third kappa shape index (κ3) is 4.40. The number of pyridine rings is 1. The Morgan fingerprint density at radius 2 is 2.00 bits per heavy atom. The standard InChI is InChI=1S/C20H19F2N3O4/c1-29-20(28)14-11-25(9-10-26)19(27)17(14)23-13-7-5-12(6-8-13)15-3-2-4-16(24-15)18(21)22/h2-8,18,23,26H,9-11H2,1H3. The van der Waals surface area contributed by atoms with Crippen LogP contribution < -0.4 is 5.32 Å². The van der Waals surface area contributed by atoms with Crippen molar-refractivity contribution in [3.05, 3.63) is 59.4 Å². The smallest absolute Gasteiger partial charge is 0.337 e. The number of ether oxygens (including phenoxy) is 1. The normalized spacial score (nSPS) is 14.0. The predicted molar refractivity (Wildman–Crippen MR) is 101 cm³/mol. The van der Waals surface area contributed by atoms with E-state index in [4.69, 9.17) is 9.84 Å². The number of hydrogen-bond acceptors (Lipinski definition) is 6. The quantitative estimate of drug-likeness (QED) is 0.690. The average molecular weight is 403 g/mol. The van der Waals surface area contributed by atoms with Crippen molar-refractivity contribution in [2.75, 3.05) is 32.1 Å². The number of halogens is 2. The number of carbonyl (C=O) groups is 2. The minimum absolute atomic E-state index is 0.0385. The van der Waals surface area contributed by atoms with Crippen LogP contribution in [0.2, 0.25) is 0 Å². The van der Waals surface area contributed by atoms with Crippen molar-refractivity contribution in [3.8, 4) is 11.3 Å². The van der Waals surface area contributed by atoms with Gasteiger partial charge in [0, 0.05) is 17.8 Å². The van der Waals surface area contributed by atoms with Crippen LogP contribution in [0.25, 0.3) is 11.3 Å². The summed E-state index contributed by atoms with van der Waals surface area (Å²) in [5, 5.41) is 12.0. The molecule has 3 rings (SSSR count). The molecule has 0 radical (unpaired) electrons. The van der Waals surface area contributed by atoms with E-state index in [1.54, 1.807) is 30.3 Å². The highest BCUT2D eigenvalue weighted by Crippen LogP contribution is 2.26. The Bertz CT molecular complexity index is 945. The number of β-amino-alcohol motifs (C(OH)–C–C–N with tert-alkyl or cyclic N) is 1. The van der Waals surface area contributed by atoms with E-state index in [1.165, 1.54) is 24.1 Å². The largest absolute Gasteiger partial charge is 0.466 e. The molecule has 29 heavy (non-hydrogen) atoms. The van der Waals surface area contributed by atoms with Crippen molar-refractivity contribution in [1.29, 1.82) is 0 Å². The van der Waals surface area contributed by atoms with Gasteiger partial charge in [0.15, 0.2) is 0 Å². The van der Waals surface area contributed by atoms with E-state index in [-0.39, 0.29) is 36.7 Å². The highest BCUT2D eigenvalue weighted by atomic mass is 19.3. The van der Waals surface area contributed by atoms with Gasteiger partial charge in [0.2, 0.25) is 0 Å². The van der Waals surface area contributed by atoms with Crippen LogP contribution >= 0.6 is 0 Å². The number of amides is 1. The summed E-state index contributed by atoms with van der Waals surface area (Å²) in [6.45, 7) is -0.0979. The second-order valence-corrected chi connectivity index (χ2v) is 6.25. The van der Waals surface area contributed by atoms with Gasteiger partial charge >= 0.3 is 5.97 Å². The number of benzene rings is 1. The van der Waals surface area contributed by atoms with E-state index in [2.05, 4.69) is 10.3 Å². The molecule has 0 aliphatic carbocycles. The minimum Gasteiger partial charge on any atom is -0.466 e. The lowest BCUT2D eigenvalue weighted by Crippen LogP contribution is -2.31. The summed E-state index contributed by atoms with van der Waals surface area (Å²) < 4.78 is 30.4. The molecule has 0 spiro atoms. The fraction of sp³-hybridized carbons (Fsp3) is 0.250. The van der Waals surface area contributed by atoms with Gasteiger partial charge in [-0.05, 0) is 24.3 Å². The number of carbonyl (C=O) groups excluding carboxylic acids is 2. The lowest BCUT2D eigenvalue weighted by atomic mass is 10.1. The summed E-state index contributed by atoms with van der Waals surface area (Å²) in [6.07, 6.45) is -2.66. The van der Waals surface area contributed by atoms with E-state index in [0.717, 1.165) is 0 Å². The average Bonchev–Trinajstić information content (AvgIpc) is 3.04. The van der Waals surface area contributed by atoms with E-state index in [9.17, 15) is 18.4 Å². The van der Waals surface area contributed by atoms with Crippen molar-refractivity contribution >= 4 is 17.6 Å². The van der Waals surface area contributed by atoms with Crippen molar-refractivity contribution in [2.24, 2.45) is 0 Å². The molecule has 2 N–H and O–H groups in total. The molecule has 2 heterocycles. The zero-order valence-electron chi connectivity index (χ0n) is 15.6. The van der Waals surface area contributed by atoms with E-state index in [1.807, 2.05) is 0 Å². The number of methoxy groups -OCH3 is 1. The molecule has 1 aliphatic rings. The molecule has 1 aromatic carbocycles. The van der Waals surface area contributed by atoms with E-state index in [0.29, 0.717) is 16.9 Å². The first-order valence-corrected chi connectivity index (χ1v) is 8.78. The molecule has 0 saturated heterocycles. The Labute approximate surface area is 165 Å². The number of nitrogens with zero attached hydrogens (tertiary/aromatic N) is 2. The predicted octanol–water partition coefficient (Wildman–Crippen LogP) is 2.36. The number of anilines is 1. The maximum Gasteiger partial charge on any atom is 0.337 e.